The summed E-state index contributed by atoms with van der Waals surface area (Å²) in [4.78, 5) is 10.5. The first-order valence-electron chi connectivity index (χ1n) is 13.5. The van der Waals surface area contributed by atoms with Crippen molar-refractivity contribution in [2.24, 2.45) is 11.8 Å². The van der Waals surface area contributed by atoms with E-state index in [9.17, 15) is 0 Å². The van der Waals surface area contributed by atoms with Crippen molar-refractivity contribution in [3.05, 3.63) is 35.4 Å². The van der Waals surface area contributed by atoms with Gasteiger partial charge in [-0.15, -0.1) is 0 Å². The Bertz CT molecular complexity index is 720. The molecule has 3 atom stereocenters. The van der Waals surface area contributed by atoms with Crippen LogP contribution in [0.3, 0.4) is 0 Å². The highest BCUT2D eigenvalue weighted by Crippen LogP contribution is 2.23. The normalized spacial score (nSPS) is 26.6. The smallest absolute Gasteiger partial charge is 0.0594 e. The average molecular weight is 457 g/mol. The van der Waals surface area contributed by atoms with E-state index in [1.807, 2.05) is 0 Å². The molecule has 1 aromatic rings. The van der Waals surface area contributed by atoms with E-state index in [-0.39, 0.29) is 0 Å². The number of hydrogen-bond donors (Lipinski definition) is 0. The van der Waals surface area contributed by atoms with Crippen molar-refractivity contribution in [2.45, 2.75) is 58.7 Å². The minimum absolute atomic E-state index is 0.619. The Hall–Kier alpha value is -0.980. The van der Waals surface area contributed by atoms with Crippen molar-refractivity contribution < 1.29 is 4.74 Å². The van der Waals surface area contributed by atoms with E-state index in [2.05, 4.69) is 71.7 Å². The lowest BCUT2D eigenvalue weighted by Crippen LogP contribution is -2.40. The molecule has 186 valence electrons. The Labute approximate surface area is 203 Å². The highest BCUT2D eigenvalue weighted by atomic mass is 16.5. The van der Waals surface area contributed by atoms with Crippen LogP contribution in [0, 0.1) is 11.8 Å². The van der Waals surface area contributed by atoms with Crippen LogP contribution in [-0.4, -0.2) is 104 Å². The van der Waals surface area contributed by atoms with Gasteiger partial charge in [0.1, 0.15) is 0 Å². The Balaban J connectivity index is 1.21. The van der Waals surface area contributed by atoms with Gasteiger partial charge >= 0.3 is 0 Å². The molecule has 0 saturated carbocycles. The van der Waals surface area contributed by atoms with Gasteiger partial charge in [-0.2, -0.15) is 0 Å². The number of nitrogens with zero attached hydrogens (tertiary/aromatic N) is 4. The zero-order chi connectivity index (χ0) is 23.2. The van der Waals surface area contributed by atoms with Gasteiger partial charge in [0, 0.05) is 57.9 Å². The summed E-state index contributed by atoms with van der Waals surface area (Å²) in [5.41, 5.74) is 2.96. The fourth-order valence-corrected chi connectivity index (χ4v) is 6.18. The third-order valence-corrected chi connectivity index (χ3v) is 8.15. The molecule has 5 heteroatoms. The van der Waals surface area contributed by atoms with E-state index < -0.39 is 0 Å². The van der Waals surface area contributed by atoms with Crippen LogP contribution in [0.2, 0.25) is 0 Å². The molecule has 3 aliphatic rings. The van der Waals surface area contributed by atoms with Crippen molar-refractivity contribution >= 4 is 0 Å². The van der Waals surface area contributed by atoms with E-state index in [1.54, 1.807) is 0 Å². The van der Waals surface area contributed by atoms with Gasteiger partial charge in [-0.25, -0.2) is 0 Å². The molecule has 0 N–H and O–H groups in total. The van der Waals surface area contributed by atoms with Gasteiger partial charge in [-0.05, 0) is 83.1 Å². The van der Waals surface area contributed by atoms with Crippen LogP contribution in [-0.2, 0) is 17.7 Å². The summed E-state index contributed by atoms with van der Waals surface area (Å²) in [7, 11) is 2.30. The fraction of sp³-hybridized carbons (Fsp3) is 0.786. The summed E-state index contributed by atoms with van der Waals surface area (Å²) >= 11 is 0. The summed E-state index contributed by atoms with van der Waals surface area (Å²) < 4.78 is 5.51. The number of rotatable bonds is 10. The van der Waals surface area contributed by atoms with Crippen LogP contribution in [0.5, 0.6) is 0 Å². The Morgan fingerprint density at radius 2 is 1.64 bits per heavy atom. The van der Waals surface area contributed by atoms with Crippen molar-refractivity contribution in [3.8, 4) is 0 Å². The second-order valence-corrected chi connectivity index (χ2v) is 11.4. The molecule has 3 unspecified atom stereocenters. The number of hydrogen-bond acceptors (Lipinski definition) is 5. The lowest BCUT2D eigenvalue weighted by Gasteiger charge is -2.30. The summed E-state index contributed by atoms with van der Waals surface area (Å²) in [6.45, 7) is 19.7. The second-order valence-electron chi connectivity index (χ2n) is 11.4. The fourth-order valence-electron chi connectivity index (χ4n) is 6.18. The third kappa shape index (κ3) is 7.50. The minimum Gasteiger partial charge on any atom is -0.379 e. The number of ether oxygens (including phenoxy) is 1. The van der Waals surface area contributed by atoms with Gasteiger partial charge < -0.3 is 14.5 Å². The molecule has 4 rings (SSSR count). The van der Waals surface area contributed by atoms with E-state index >= 15 is 0 Å². The van der Waals surface area contributed by atoms with Crippen LogP contribution in [0.15, 0.2) is 24.3 Å². The molecular formula is C28H48N4O. The zero-order valence-electron chi connectivity index (χ0n) is 21.7. The molecule has 33 heavy (non-hydrogen) atoms. The van der Waals surface area contributed by atoms with E-state index in [0.717, 1.165) is 51.1 Å². The van der Waals surface area contributed by atoms with E-state index in [1.165, 1.54) is 63.2 Å². The molecule has 3 saturated heterocycles. The monoisotopic (exact) mass is 456 g/mol. The molecule has 0 aromatic heterocycles. The Kier molecular flexibility index (Phi) is 9.23. The maximum atomic E-state index is 5.51. The average Bonchev–Trinajstić information content (AvgIpc) is 3.45. The lowest BCUT2D eigenvalue weighted by molar-refractivity contribution is 0.0309. The van der Waals surface area contributed by atoms with Gasteiger partial charge in [-0.1, -0.05) is 24.3 Å². The first-order valence-corrected chi connectivity index (χ1v) is 13.5. The van der Waals surface area contributed by atoms with Crippen molar-refractivity contribution in [2.75, 3.05) is 72.6 Å². The molecule has 0 aliphatic carbocycles. The molecule has 1 aromatic carbocycles. The topological polar surface area (TPSA) is 22.2 Å². The van der Waals surface area contributed by atoms with Crippen LogP contribution >= 0.6 is 0 Å². The Morgan fingerprint density at radius 1 is 0.939 bits per heavy atom. The molecule has 3 fully saturated rings. The van der Waals surface area contributed by atoms with Gasteiger partial charge in [0.2, 0.25) is 0 Å². The zero-order valence-corrected chi connectivity index (χ0v) is 21.7. The molecule has 5 nitrogen and oxygen atoms in total. The quantitative estimate of drug-likeness (QED) is 0.536. The summed E-state index contributed by atoms with van der Waals surface area (Å²) in [6.07, 6.45) is 3.86. The maximum absolute atomic E-state index is 5.51. The maximum Gasteiger partial charge on any atom is 0.0594 e. The second kappa shape index (κ2) is 12.1. The van der Waals surface area contributed by atoms with Gasteiger partial charge in [0.05, 0.1) is 13.2 Å². The SMILES string of the molecule is CC(C)N1CCC(CN(C)Cc2cccc(CC(C)N3CCC(CN4CCOCC4)C3)c2)C1. The predicted molar refractivity (Wildman–Crippen MR) is 138 cm³/mol. The molecule has 3 aliphatic heterocycles. The molecular weight excluding hydrogens is 408 g/mol. The first kappa shape index (κ1) is 25.1. The van der Waals surface area contributed by atoms with E-state index in [4.69, 9.17) is 4.74 Å². The lowest BCUT2D eigenvalue weighted by atomic mass is 10.0. The highest BCUT2D eigenvalue weighted by molar-refractivity contribution is 5.24. The first-order chi connectivity index (χ1) is 16.0. The standard InChI is InChI=1S/C28H48N4O/c1-23(2)31-10-8-27(21-31)19-29(4)18-26-7-5-6-25(17-26)16-24(3)32-11-9-28(22-32)20-30-12-14-33-15-13-30/h5-7,17,23-24,27-28H,8-16,18-22H2,1-4H3. The largest absolute Gasteiger partial charge is 0.379 e. The minimum atomic E-state index is 0.619. The van der Waals surface area contributed by atoms with Gasteiger partial charge in [-0.3, -0.25) is 9.80 Å². The highest BCUT2D eigenvalue weighted by Gasteiger charge is 2.28. The van der Waals surface area contributed by atoms with Crippen LogP contribution in [0.1, 0.15) is 44.7 Å². The van der Waals surface area contributed by atoms with E-state index in [0.29, 0.717) is 12.1 Å². The van der Waals surface area contributed by atoms with Gasteiger partial charge in [0.15, 0.2) is 0 Å². The molecule has 3 heterocycles. The van der Waals surface area contributed by atoms with Crippen LogP contribution in [0.4, 0.5) is 0 Å². The number of benzene rings is 1. The molecule has 0 bridgehead atoms. The van der Waals surface area contributed by atoms with Gasteiger partial charge in [0.25, 0.3) is 0 Å². The van der Waals surface area contributed by atoms with Crippen LogP contribution < -0.4 is 0 Å². The molecule has 0 radical (unpaired) electrons. The molecule has 0 amide bonds. The number of likely N-dealkylation sites (tertiary alicyclic amines) is 2. The summed E-state index contributed by atoms with van der Waals surface area (Å²) in [5.74, 6) is 1.65. The molecule has 0 spiro atoms. The predicted octanol–water partition coefficient (Wildman–Crippen LogP) is 3.43. The van der Waals surface area contributed by atoms with Crippen LogP contribution in [0.25, 0.3) is 0 Å². The van der Waals surface area contributed by atoms with Crippen molar-refractivity contribution in [3.63, 3.8) is 0 Å². The van der Waals surface area contributed by atoms with Crippen molar-refractivity contribution in [1.82, 2.24) is 19.6 Å². The summed E-state index contributed by atoms with van der Waals surface area (Å²) in [5, 5.41) is 0. The summed E-state index contributed by atoms with van der Waals surface area (Å²) in [6, 6.07) is 10.7. The van der Waals surface area contributed by atoms with Crippen molar-refractivity contribution in [1.29, 1.82) is 0 Å². The third-order valence-electron chi connectivity index (χ3n) is 8.15. The number of morpholine rings is 1. The Morgan fingerprint density at radius 3 is 2.39 bits per heavy atom.